The van der Waals surface area contributed by atoms with Crippen molar-refractivity contribution in [3.05, 3.63) is 35.1 Å². The minimum absolute atomic E-state index is 0.00989. The van der Waals surface area contributed by atoms with Gasteiger partial charge in [-0.15, -0.1) is 0 Å². The summed E-state index contributed by atoms with van der Waals surface area (Å²) in [5, 5.41) is 2.72. The van der Waals surface area contributed by atoms with Gasteiger partial charge in [0, 0.05) is 11.6 Å². The van der Waals surface area contributed by atoms with Gasteiger partial charge in [0.15, 0.2) is 0 Å². The highest BCUT2D eigenvalue weighted by Gasteiger charge is 2.13. The summed E-state index contributed by atoms with van der Waals surface area (Å²) in [6.45, 7) is 4.05. The van der Waals surface area contributed by atoms with Gasteiger partial charge in [-0.1, -0.05) is 18.8 Å². The summed E-state index contributed by atoms with van der Waals surface area (Å²) >= 11 is 0. The number of nitrogens with two attached hydrogens (primary N) is 1. The number of rotatable bonds is 3. The zero-order valence-electron chi connectivity index (χ0n) is 10.6. The molecule has 3 nitrogen and oxygen atoms in total. The van der Waals surface area contributed by atoms with Crippen molar-refractivity contribution in [1.82, 2.24) is 5.32 Å². The van der Waals surface area contributed by atoms with E-state index in [-0.39, 0.29) is 18.2 Å². The number of carbonyl (C=O) groups excluding carboxylic acids is 1. The molecule has 1 rings (SSSR count). The summed E-state index contributed by atoms with van der Waals surface area (Å²) in [5.74, 6) is 4.47. The Balaban J connectivity index is 2.96. The SMILES string of the molecule is CCC(C)NC(=O)c1cc(C#CCN)ccc1F. The fourth-order valence-electron chi connectivity index (χ4n) is 1.33. The van der Waals surface area contributed by atoms with Crippen molar-refractivity contribution in [3.8, 4) is 11.8 Å². The Morgan fingerprint density at radius 1 is 1.56 bits per heavy atom. The molecule has 18 heavy (non-hydrogen) atoms. The predicted molar refractivity (Wildman–Crippen MR) is 69.6 cm³/mol. The Labute approximate surface area is 107 Å². The second-order valence-corrected chi connectivity index (χ2v) is 3.98. The maximum atomic E-state index is 13.6. The van der Waals surface area contributed by atoms with Gasteiger partial charge in [0.25, 0.3) is 5.91 Å². The third kappa shape index (κ3) is 3.86. The van der Waals surface area contributed by atoms with E-state index in [9.17, 15) is 9.18 Å². The lowest BCUT2D eigenvalue weighted by Gasteiger charge is -2.11. The second kappa shape index (κ2) is 6.77. The first-order valence-electron chi connectivity index (χ1n) is 5.87. The van der Waals surface area contributed by atoms with Crippen molar-refractivity contribution in [2.45, 2.75) is 26.3 Å². The van der Waals surface area contributed by atoms with Gasteiger partial charge in [-0.05, 0) is 31.5 Å². The molecule has 0 spiro atoms. The molecule has 1 aromatic rings. The fraction of sp³-hybridized carbons (Fsp3) is 0.357. The van der Waals surface area contributed by atoms with E-state index in [1.54, 1.807) is 0 Å². The zero-order chi connectivity index (χ0) is 13.5. The van der Waals surface area contributed by atoms with E-state index in [0.717, 1.165) is 6.42 Å². The summed E-state index contributed by atoms with van der Waals surface area (Å²) in [4.78, 5) is 11.8. The normalized spacial score (nSPS) is 11.3. The lowest BCUT2D eigenvalue weighted by atomic mass is 10.1. The molecular formula is C14H17FN2O. The molecular weight excluding hydrogens is 231 g/mol. The fourth-order valence-corrected chi connectivity index (χ4v) is 1.33. The zero-order valence-corrected chi connectivity index (χ0v) is 10.6. The molecule has 96 valence electrons. The van der Waals surface area contributed by atoms with Crippen LogP contribution in [0.5, 0.6) is 0 Å². The average Bonchev–Trinajstić information content (AvgIpc) is 2.37. The maximum Gasteiger partial charge on any atom is 0.254 e. The van der Waals surface area contributed by atoms with Crippen LogP contribution in [0.3, 0.4) is 0 Å². The molecule has 1 atom stereocenters. The van der Waals surface area contributed by atoms with Crippen LogP contribution >= 0.6 is 0 Å². The summed E-state index contributed by atoms with van der Waals surface area (Å²) in [6, 6.07) is 4.22. The molecule has 1 unspecified atom stereocenters. The molecule has 0 saturated heterocycles. The topological polar surface area (TPSA) is 55.1 Å². The predicted octanol–water partition coefficient (Wildman–Crippen LogP) is 1.66. The molecule has 0 bridgehead atoms. The monoisotopic (exact) mass is 248 g/mol. The van der Waals surface area contributed by atoms with E-state index >= 15 is 0 Å². The molecule has 0 radical (unpaired) electrons. The van der Waals surface area contributed by atoms with Crippen molar-refractivity contribution < 1.29 is 9.18 Å². The molecule has 0 heterocycles. The Morgan fingerprint density at radius 2 is 2.28 bits per heavy atom. The highest BCUT2D eigenvalue weighted by Crippen LogP contribution is 2.10. The minimum atomic E-state index is -0.547. The van der Waals surface area contributed by atoms with Crippen LogP contribution in [0, 0.1) is 17.7 Å². The number of hydrogen-bond donors (Lipinski definition) is 2. The molecule has 0 aliphatic carbocycles. The standard InChI is InChI=1S/C14H17FN2O/c1-3-10(2)17-14(18)12-9-11(5-4-8-16)6-7-13(12)15/h6-7,9-10H,3,8,16H2,1-2H3,(H,17,18). The van der Waals surface area contributed by atoms with Gasteiger partial charge in [-0.3, -0.25) is 4.79 Å². The van der Waals surface area contributed by atoms with E-state index in [0.29, 0.717) is 5.56 Å². The largest absolute Gasteiger partial charge is 0.350 e. The average molecular weight is 248 g/mol. The highest BCUT2D eigenvalue weighted by molar-refractivity contribution is 5.95. The lowest BCUT2D eigenvalue weighted by Crippen LogP contribution is -2.32. The van der Waals surface area contributed by atoms with E-state index < -0.39 is 11.7 Å². The van der Waals surface area contributed by atoms with Gasteiger partial charge in [0.05, 0.1) is 12.1 Å². The van der Waals surface area contributed by atoms with Gasteiger partial charge < -0.3 is 11.1 Å². The number of halogens is 1. The van der Waals surface area contributed by atoms with E-state index in [2.05, 4.69) is 17.2 Å². The molecule has 1 aromatic carbocycles. The van der Waals surface area contributed by atoms with Gasteiger partial charge in [-0.25, -0.2) is 4.39 Å². The molecule has 4 heteroatoms. The quantitative estimate of drug-likeness (QED) is 0.799. The maximum absolute atomic E-state index is 13.6. The van der Waals surface area contributed by atoms with Crippen LogP contribution in [0.15, 0.2) is 18.2 Å². The number of nitrogens with one attached hydrogen (secondary N) is 1. The van der Waals surface area contributed by atoms with Gasteiger partial charge in [-0.2, -0.15) is 0 Å². The van der Waals surface area contributed by atoms with Crippen LogP contribution in [0.2, 0.25) is 0 Å². The smallest absolute Gasteiger partial charge is 0.254 e. The molecule has 1 amide bonds. The first kappa shape index (κ1) is 14.2. The Hall–Kier alpha value is -1.86. The molecule has 0 saturated carbocycles. The first-order valence-corrected chi connectivity index (χ1v) is 5.87. The van der Waals surface area contributed by atoms with Crippen LogP contribution in [0.25, 0.3) is 0 Å². The van der Waals surface area contributed by atoms with Crippen LogP contribution in [-0.2, 0) is 0 Å². The lowest BCUT2D eigenvalue weighted by molar-refractivity contribution is 0.0935. The third-order valence-electron chi connectivity index (χ3n) is 2.54. The second-order valence-electron chi connectivity index (χ2n) is 3.98. The molecule has 0 aliphatic rings. The number of amides is 1. The number of hydrogen-bond acceptors (Lipinski definition) is 2. The van der Waals surface area contributed by atoms with Gasteiger partial charge in [0.2, 0.25) is 0 Å². The van der Waals surface area contributed by atoms with E-state index in [4.69, 9.17) is 5.73 Å². The number of carbonyl (C=O) groups is 1. The van der Waals surface area contributed by atoms with Crippen molar-refractivity contribution in [2.24, 2.45) is 5.73 Å². The van der Waals surface area contributed by atoms with E-state index in [1.807, 2.05) is 13.8 Å². The third-order valence-corrected chi connectivity index (χ3v) is 2.54. The van der Waals surface area contributed by atoms with E-state index in [1.165, 1.54) is 18.2 Å². The molecule has 3 N–H and O–H groups in total. The summed E-state index contributed by atoms with van der Waals surface area (Å²) in [7, 11) is 0. The Kier molecular flexibility index (Phi) is 5.34. The summed E-state index contributed by atoms with van der Waals surface area (Å²) in [5.41, 5.74) is 5.85. The van der Waals surface area contributed by atoms with Crippen LogP contribution in [0.4, 0.5) is 4.39 Å². The van der Waals surface area contributed by atoms with Crippen LogP contribution in [-0.4, -0.2) is 18.5 Å². The van der Waals surface area contributed by atoms with Crippen molar-refractivity contribution in [1.29, 1.82) is 0 Å². The molecule has 0 fully saturated rings. The van der Waals surface area contributed by atoms with Crippen molar-refractivity contribution in [3.63, 3.8) is 0 Å². The minimum Gasteiger partial charge on any atom is -0.350 e. The van der Waals surface area contributed by atoms with Gasteiger partial charge in [0.1, 0.15) is 5.82 Å². The molecule has 0 aliphatic heterocycles. The van der Waals surface area contributed by atoms with Crippen LogP contribution < -0.4 is 11.1 Å². The molecule has 0 aromatic heterocycles. The van der Waals surface area contributed by atoms with Crippen LogP contribution in [0.1, 0.15) is 36.2 Å². The Bertz CT molecular complexity index is 488. The van der Waals surface area contributed by atoms with Gasteiger partial charge >= 0.3 is 0 Å². The first-order chi connectivity index (χ1) is 8.58. The highest BCUT2D eigenvalue weighted by atomic mass is 19.1. The van der Waals surface area contributed by atoms with Crippen molar-refractivity contribution >= 4 is 5.91 Å². The summed E-state index contributed by atoms with van der Waals surface area (Å²) in [6.07, 6.45) is 0.792. The Morgan fingerprint density at radius 3 is 2.89 bits per heavy atom. The summed E-state index contributed by atoms with van der Waals surface area (Å²) < 4.78 is 13.6. The van der Waals surface area contributed by atoms with Crippen molar-refractivity contribution in [2.75, 3.05) is 6.54 Å². The number of benzene rings is 1.